The number of amides is 1. The van der Waals surface area contributed by atoms with Crippen molar-refractivity contribution in [1.82, 2.24) is 4.90 Å². The number of anilines is 1. The molecule has 1 aromatic rings. The standard InChI is InChI=1S/C12H15Cl2N.C9H17NO.C2H6/c1-9-3-2-6-15(8-9)12-7-10(13)4-5-11(12)14;1-2-10(8-11)9-6-4-3-5-7-9;1-2/h4-5,7,9H,2-3,6,8H2,1H3;8-9H,2-7H2,1H3;1-2H3. The molecule has 1 saturated carbocycles. The molecule has 1 unspecified atom stereocenters. The Hall–Kier alpha value is -0.930. The van der Waals surface area contributed by atoms with E-state index in [9.17, 15) is 4.79 Å². The SMILES string of the molecule is CC.CC1CCCN(c2cc(Cl)ccc2Cl)C1.CCN(C=O)C1CCCCC1. The molecule has 1 atom stereocenters. The first-order valence-corrected chi connectivity index (χ1v) is 11.7. The molecule has 2 fully saturated rings. The zero-order valence-corrected chi connectivity index (χ0v) is 19.6. The molecule has 0 radical (unpaired) electrons. The fraction of sp³-hybridized carbons (Fsp3) is 0.696. The third kappa shape index (κ3) is 8.21. The molecule has 1 aliphatic heterocycles. The highest BCUT2D eigenvalue weighted by molar-refractivity contribution is 6.35. The Balaban J connectivity index is 0.000000268. The zero-order chi connectivity index (χ0) is 20.9. The summed E-state index contributed by atoms with van der Waals surface area (Å²) in [6.45, 7) is 11.4. The van der Waals surface area contributed by atoms with Gasteiger partial charge in [-0.3, -0.25) is 4.79 Å². The van der Waals surface area contributed by atoms with E-state index in [1.54, 1.807) is 0 Å². The Bertz CT molecular complexity index is 562. The van der Waals surface area contributed by atoms with Gasteiger partial charge in [-0.2, -0.15) is 0 Å². The fourth-order valence-electron chi connectivity index (χ4n) is 3.97. The summed E-state index contributed by atoms with van der Waals surface area (Å²) < 4.78 is 0. The van der Waals surface area contributed by atoms with E-state index in [1.165, 1.54) is 44.9 Å². The number of nitrogens with zero attached hydrogens (tertiary/aromatic N) is 2. The topological polar surface area (TPSA) is 23.6 Å². The predicted octanol–water partition coefficient (Wildman–Crippen LogP) is 7.05. The Kier molecular flexibility index (Phi) is 12.7. The average Bonchev–Trinajstić information content (AvgIpc) is 2.73. The van der Waals surface area contributed by atoms with Crippen LogP contribution in [0.15, 0.2) is 18.2 Å². The van der Waals surface area contributed by atoms with Gasteiger partial charge in [-0.15, -0.1) is 0 Å². The van der Waals surface area contributed by atoms with Gasteiger partial charge in [0.1, 0.15) is 0 Å². The van der Waals surface area contributed by atoms with Gasteiger partial charge < -0.3 is 9.80 Å². The molecule has 160 valence electrons. The summed E-state index contributed by atoms with van der Waals surface area (Å²) in [6.07, 6.45) is 9.94. The monoisotopic (exact) mass is 428 g/mol. The van der Waals surface area contributed by atoms with Crippen LogP contribution in [0, 0.1) is 5.92 Å². The number of rotatable bonds is 4. The molecular weight excluding hydrogens is 391 g/mol. The van der Waals surface area contributed by atoms with Crippen molar-refractivity contribution in [3.8, 4) is 0 Å². The first kappa shape index (κ1) is 25.1. The lowest BCUT2D eigenvalue weighted by molar-refractivity contribution is -0.120. The van der Waals surface area contributed by atoms with E-state index in [0.29, 0.717) is 6.04 Å². The molecule has 28 heavy (non-hydrogen) atoms. The summed E-state index contributed by atoms with van der Waals surface area (Å²) in [4.78, 5) is 14.8. The summed E-state index contributed by atoms with van der Waals surface area (Å²) in [5.74, 6) is 0.744. The van der Waals surface area contributed by atoms with E-state index in [0.717, 1.165) is 47.7 Å². The van der Waals surface area contributed by atoms with Gasteiger partial charge in [0.05, 0.1) is 10.7 Å². The Morgan fingerprint density at radius 3 is 2.36 bits per heavy atom. The number of benzene rings is 1. The quantitative estimate of drug-likeness (QED) is 0.479. The Morgan fingerprint density at radius 2 is 1.79 bits per heavy atom. The van der Waals surface area contributed by atoms with E-state index >= 15 is 0 Å². The van der Waals surface area contributed by atoms with E-state index < -0.39 is 0 Å². The molecule has 1 aromatic carbocycles. The predicted molar refractivity (Wildman–Crippen MR) is 124 cm³/mol. The largest absolute Gasteiger partial charge is 0.370 e. The number of carbonyl (C=O) groups excluding carboxylic acids is 1. The van der Waals surface area contributed by atoms with Crippen LogP contribution < -0.4 is 4.90 Å². The van der Waals surface area contributed by atoms with Gasteiger partial charge in [0, 0.05) is 30.7 Å². The minimum absolute atomic E-state index is 0.547. The third-order valence-electron chi connectivity index (χ3n) is 5.45. The van der Waals surface area contributed by atoms with Crippen LogP contribution in [-0.4, -0.2) is 37.0 Å². The van der Waals surface area contributed by atoms with Crippen LogP contribution >= 0.6 is 23.2 Å². The van der Waals surface area contributed by atoms with Crippen molar-refractivity contribution >= 4 is 35.3 Å². The van der Waals surface area contributed by atoms with Gasteiger partial charge in [-0.25, -0.2) is 0 Å². The van der Waals surface area contributed by atoms with Crippen molar-refractivity contribution in [1.29, 1.82) is 0 Å². The van der Waals surface area contributed by atoms with Gasteiger partial charge in [0.15, 0.2) is 0 Å². The molecular formula is C23H38Cl2N2O. The normalized spacial score (nSPS) is 19.6. The third-order valence-corrected chi connectivity index (χ3v) is 6.00. The molecule has 2 aliphatic rings. The molecule has 1 amide bonds. The minimum atomic E-state index is 0.547. The average molecular weight is 429 g/mol. The van der Waals surface area contributed by atoms with Crippen molar-refractivity contribution < 1.29 is 4.79 Å². The minimum Gasteiger partial charge on any atom is -0.370 e. The first-order valence-electron chi connectivity index (χ1n) is 11.0. The zero-order valence-electron chi connectivity index (χ0n) is 18.1. The van der Waals surface area contributed by atoms with Crippen LogP contribution in [0.5, 0.6) is 0 Å². The van der Waals surface area contributed by atoms with Crippen LogP contribution in [0.4, 0.5) is 5.69 Å². The lowest BCUT2D eigenvalue weighted by Crippen LogP contribution is -2.35. The van der Waals surface area contributed by atoms with Crippen molar-refractivity contribution in [3.05, 3.63) is 28.2 Å². The molecule has 0 bridgehead atoms. The van der Waals surface area contributed by atoms with Crippen LogP contribution in [0.2, 0.25) is 10.0 Å². The highest BCUT2D eigenvalue weighted by atomic mass is 35.5. The number of halogens is 2. The molecule has 0 aromatic heterocycles. The smallest absolute Gasteiger partial charge is 0.209 e. The molecule has 3 nitrogen and oxygen atoms in total. The van der Waals surface area contributed by atoms with E-state index in [2.05, 4.69) is 11.8 Å². The Labute approximate surface area is 182 Å². The van der Waals surface area contributed by atoms with Gasteiger partial charge >= 0.3 is 0 Å². The number of hydrogen-bond acceptors (Lipinski definition) is 2. The van der Waals surface area contributed by atoms with Crippen molar-refractivity contribution in [2.75, 3.05) is 24.5 Å². The molecule has 0 N–H and O–H groups in total. The van der Waals surface area contributed by atoms with Crippen LogP contribution in [0.3, 0.4) is 0 Å². The Morgan fingerprint density at radius 1 is 1.11 bits per heavy atom. The van der Waals surface area contributed by atoms with Crippen molar-refractivity contribution in [2.24, 2.45) is 5.92 Å². The maximum Gasteiger partial charge on any atom is 0.209 e. The van der Waals surface area contributed by atoms with Gasteiger partial charge in [0.25, 0.3) is 0 Å². The second-order valence-corrected chi connectivity index (χ2v) is 8.36. The maximum absolute atomic E-state index is 10.6. The molecule has 0 spiro atoms. The summed E-state index contributed by atoms with van der Waals surface area (Å²) in [5.41, 5.74) is 1.08. The molecule has 1 aliphatic carbocycles. The van der Waals surface area contributed by atoms with E-state index in [4.69, 9.17) is 23.2 Å². The van der Waals surface area contributed by atoms with E-state index in [-0.39, 0.29) is 0 Å². The second kappa shape index (κ2) is 14.1. The van der Waals surface area contributed by atoms with E-state index in [1.807, 2.05) is 43.9 Å². The summed E-state index contributed by atoms with van der Waals surface area (Å²) >= 11 is 12.2. The maximum atomic E-state index is 10.6. The van der Waals surface area contributed by atoms with Gasteiger partial charge in [-0.05, 0) is 56.7 Å². The van der Waals surface area contributed by atoms with Gasteiger partial charge in [0.2, 0.25) is 6.41 Å². The van der Waals surface area contributed by atoms with Crippen molar-refractivity contribution in [3.63, 3.8) is 0 Å². The van der Waals surface area contributed by atoms with Gasteiger partial charge in [-0.1, -0.05) is 63.2 Å². The van der Waals surface area contributed by atoms with Crippen LogP contribution in [-0.2, 0) is 4.79 Å². The summed E-state index contributed by atoms with van der Waals surface area (Å²) in [6, 6.07) is 6.22. The summed E-state index contributed by atoms with van der Waals surface area (Å²) in [5, 5.41) is 1.56. The first-order chi connectivity index (χ1) is 13.5. The van der Waals surface area contributed by atoms with Crippen LogP contribution in [0.25, 0.3) is 0 Å². The molecule has 5 heteroatoms. The van der Waals surface area contributed by atoms with Crippen molar-refractivity contribution in [2.45, 2.75) is 78.7 Å². The highest BCUT2D eigenvalue weighted by Crippen LogP contribution is 2.31. The van der Waals surface area contributed by atoms with Crippen LogP contribution in [0.1, 0.15) is 72.6 Å². The molecule has 3 rings (SSSR count). The second-order valence-electron chi connectivity index (χ2n) is 7.52. The number of carbonyl (C=O) groups is 1. The number of piperidine rings is 1. The summed E-state index contributed by atoms with van der Waals surface area (Å²) in [7, 11) is 0. The highest BCUT2D eigenvalue weighted by Gasteiger charge is 2.19. The lowest BCUT2D eigenvalue weighted by Gasteiger charge is -2.33. The fourth-order valence-corrected chi connectivity index (χ4v) is 4.37. The lowest BCUT2D eigenvalue weighted by atomic mass is 9.94. The molecule has 1 saturated heterocycles. The molecule has 1 heterocycles. The number of hydrogen-bond donors (Lipinski definition) is 0.